The van der Waals surface area contributed by atoms with E-state index in [1.165, 1.54) is 96.3 Å². The van der Waals surface area contributed by atoms with Crippen LogP contribution in [-0.2, 0) is 14.3 Å². The zero-order chi connectivity index (χ0) is 17.0. The van der Waals surface area contributed by atoms with E-state index in [1.54, 1.807) is 0 Å². The molecule has 0 radical (unpaired) electrons. The van der Waals surface area contributed by atoms with Gasteiger partial charge in [-0.25, -0.2) is 4.79 Å². The van der Waals surface area contributed by atoms with Gasteiger partial charge in [-0.2, -0.15) is 0 Å². The second-order valence-electron chi connectivity index (χ2n) is 7.74. The zero-order valence-corrected chi connectivity index (χ0v) is 15.8. The van der Waals surface area contributed by atoms with Crippen LogP contribution in [0.5, 0.6) is 0 Å². The molecular weight excluding hydrogens is 300 g/mol. The lowest BCUT2D eigenvalue weighted by Gasteiger charge is -2.10. The Kier molecular flexibility index (Phi) is 9.79. The Morgan fingerprint density at radius 2 is 1.17 bits per heavy atom. The fraction of sp³-hybridized carbons (Fsp3) is 0.952. The molecular formula is C21H38O3. The molecule has 0 amide bonds. The fourth-order valence-electron chi connectivity index (χ4n) is 3.82. The smallest absolute Gasteiger partial charge is 0.338 e. The Morgan fingerprint density at radius 1 is 0.708 bits per heavy atom. The second kappa shape index (κ2) is 11.9. The molecule has 0 saturated carbocycles. The van der Waals surface area contributed by atoms with E-state index in [4.69, 9.17) is 9.47 Å². The van der Waals surface area contributed by atoms with Gasteiger partial charge >= 0.3 is 5.97 Å². The van der Waals surface area contributed by atoms with Crippen molar-refractivity contribution in [2.45, 2.75) is 128 Å². The third-order valence-electron chi connectivity index (χ3n) is 5.48. The molecule has 2 fully saturated rings. The van der Waals surface area contributed by atoms with Gasteiger partial charge in [0.1, 0.15) is 12.2 Å². The number of hydrogen-bond acceptors (Lipinski definition) is 3. The van der Waals surface area contributed by atoms with E-state index in [0.29, 0.717) is 0 Å². The second-order valence-corrected chi connectivity index (χ2v) is 7.74. The van der Waals surface area contributed by atoms with Crippen molar-refractivity contribution < 1.29 is 14.3 Å². The molecule has 3 atom stereocenters. The lowest BCUT2D eigenvalue weighted by Crippen LogP contribution is -2.15. The summed E-state index contributed by atoms with van der Waals surface area (Å²) < 4.78 is 10.6. The molecule has 3 nitrogen and oxygen atoms in total. The highest BCUT2D eigenvalue weighted by molar-refractivity contribution is 5.81. The number of ether oxygens (including phenoxy) is 2. The molecule has 0 N–H and O–H groups in total. The Labute approximate surface area is 148 Å². The van der Waals surface area contributed by atoms with Crippen molar-refractivity contribution in [2.75, 3.05) is 0 Å². The van der Waals surface area contributed by atoms with Crippen LogP contribution in [0.3, 0.4) is 0 Å². The first-order chi connectivity index (χ1) is 11.8. The highest BCUT2D eigenvalue weighted by atomic mass is 16.7. The summed E-state index contributed by atoms with van der Waals surface area (Å²) in [6.45, 7) is 2.28. The van der Waals surface area contributed by atoms with Gasteiger partial charge in [0.2, 0.25) is 0 Å². The number of cyclic esters (lactones) is 1. The molecule has 0 aromatic rings. The molecule has 140 valence electrons. The third-order valence-corrected chi connectivity index (χ3v) is 5.48. The van der Waals surface area contributed by atoms with Crippen LogP contribution in [0.25, 0.3) is 0 Å². The minimum atomic E-state index is -0.202. The summed E-state index contributed by atoms with van der Waals surface area (Å²) in [6.07, 6.45) is 21.7. The molecule has 0 aromatic carbocycles. The quantitative estimate of drug-likeness (QED) is 0.198. The summed E-state index contributed by atoms with van der Waals surface area (Å²) >= 11 is 0. The number of fused-ring (bicyclic) bond motifs is 1. The van der Waals surface area contributed by atoms with Crippen LogP contribution in [0.1, 0.15) is 110 Å². The number of carbonyl (C=O) groups is 1. The minimum Gasteiger partial charge on any atom is -0.457 e. The lowest BCUT2D eigenvalue weighted by molar-refractivity contribution is -0.149. The molecule has 0 spiro atoms. The number of carbonyl (C=O) groups excluding carboxylic acids is 1. The summed E-state index contributed by atoms with van der Waals surface area (Å²) in [5, 5.41) is 0. The molecule has 0 aromatic heterocycles. The van der Waals surface area contributed by atoms with E-state index in [9.17, 15) is 4.79 Å². The topological polar surface area (TPSA) is 38.8 Å². The van der Waals surface area contributed by atoms with Crippen molar-refractivity contribution in [1.82, 2.24) is 0 Å². The summed E-state index contributed by atoms with van der Waals surface area (Å²) in [7, 11) is 0. The van der Waals surface area contributed by atoms with Crippen LogP contribution in [0.15, 0.2) is 0 Å². The van der Waals surface area contributed by atoms with Gasteiger partial charge in [0.05, 0.1) is 0 Å². The van der Waals surface area contributed by atoms with Crippen LogP contribution in [0.4, 0.5) is 0 Å². The van der Waals surface area contributed by atoms with Crippen LogP contribution in [0, 0.1) is 0 Å². The number of hydrogen-bond donors (Lipinski definition) is 0. The van der Waals surface area contributed by atoms with E-state index < -0.39 is 0 Å². The summed E-state index contributed by atoms with van der Waals surface area (Å²) in [5.74, 6) is -0.133. The van der Waals surface area contributed by atoms with Crippen molar-refractivity contribution in [3.8, 4) is 0 Å². The van der Waals surface area contributed by atoms with Crippen LogP contribution in [0.2, 0.25) is 0 Å². The molecule has 3 heteroatoms. The molecule has 24 heavy (non-hydrogen) atoms. The van der Waals surface area contributed by atoms with Crippen LogP contribution in [-0.4, -0.2) is 24.3 Å². The van der Waals surface area contributed by atoms with Gasteiger partial charge in [-0.15, -0.1) is 0 Å². The average molecular weight is 339 g/mol. The van der Waals surface area contributed by atoms with Crippen molar-refractivity contribution in [2.24, 2.45) is 0 Å². The van der Waals surface area contributed by atoms with Crippen molar-refractivity contribution in [1.29, 1.82) is 0 Å². The van der Waals surface area contributed by atoms with E-state index in [2.05, 4.69) is 6.92 Å². The fourth-order valence-corrected chi connectivity index (χ4v) is 3.82. The molecule has 2 heterocycles. The molecule has 2 aliphatic heterocycles. The van der Waals surface area contributed by atoms with Gasteiger partial charge in [-0.3, -0.25) is 0 Å². The molecule has 0 bridgehead atoms. The highest BCUT2D eigenvalue weighted by Crippen LogP contribution is 2.37. The molecule has 2 rings (SSSR count). The molecule has 2 aliphatic rings. The Morgan fingerprint density at radius 3 is 1.54 bits per heavy atom. The van der Waals surface area contributed by atoms with E-state index >= 15 is 0 Å². The lowest BCUT2D eigenvalue weighted by atomic mass is 10.0. The summed E-state index contributed by atoms with van der Waals surface area (Å²) in [6, 6.07) is 0. The monoisotopic (exact) mass is 338 g/mol. The zero-order valence-electron chi connectivity index (χ0n) is 15.8. The SMILES string of the molecule is CCCCCCCCCCCCCCCCCC1OC(=O)[C@H]2O[C@@H]12. The first-order valence-corrected chi connectivity index (χ1v) is 10.7. The van der Waals surface area contributed by atoms with Crippen molar-refractivity contribution >= 4 is 5.97 Å². The van der Waals surface area contributed by atoms with Gasteiger partial charge in [0.15, 0.2) is 6.10 Å². The van der Waals surface area contributed by atoms with E-state index in [0.717, 1.165) is 6.42 Å². The van der Waals surface area contributed by atoms with Crippen LogP contribution < -0.4 is 0 Å². The largest absolute Gasteiger partial charge is 0.457 e. The van der Waals surface area contributed by atoms with Crippen molar-refractivity contribution in [3.63, 3.8) is 0 Å². The highest BCUT2D eigenvalue weighted by Gasteiger charge is 2.58. The maximum absolute atomic E-state index is 11.2. The average Bonchev–Trinajstić information content (AvgIpc) is 3.32. The Bertz CT molecular complexity index is 342. The maximum Gasteiger partial charge on any atom is 0.338 e. The summed E-state index contributed by atoms with van der Waals surface area (Å²) in [4.78, 5) is 11.2. The van der Waals surface area contributed by atoms with Gasteiger partial charge < -0.3 is 9.47 Å². The van der Waals surface area contributed by atoms with E-state index in [1.807, 2.05) is 0 Å². The van der Waals surface area contributed by atoms with Gasteiger partial charge in [-0.1, -0.05) is 96.8 Å². The predicted octanol–water partition coefficient (Wildman–Crippen LogP) is 5.94. The number of rotatable bonds is 16. The van der Waals surface area contributed by atoms with Gasteiger partial charge in [0, 0.05) is 0 Å². The first kappa shape index (κ1) is 19.8. The Hall–Kier alpha value is -0.570. The number of epoxide rings is 1. The first-order valence-electron chi connectivity index (χ1n) is 10.7. The normalized spacial score (nSPS) is 24.9. The standard InChI is InChI=1S/C21H38O3/c1-2-3-4-5-6-7-8-9-10-11-12-13-14-15-16-17-18-19-20(24-19)21(22)23-18/h18-20H,2-17H2,1H3/t18?,19-,20-/m0/s1. The van der Waals surface area contributed by atoms with Gasteiger partial charge in [0.25, 0.3) is 0 Å². The molecule has 0 aliphatic carbocycles. The Balaban J connectivity index is 1.24. The third kappa shape index (κ3) is 7.55. The van der Waals surface area contributed by atoms with Gasteiger partial charge in [-0.05, 0) is 12.8 Å². The van der Waals surface area contributed by atoms with Crippen molar-refractivity contribution in [3.05, 3.63) is 0 Å². The summed E-state index contributed by atoms with van der Waals surface area (Å²) in [5.41, 5.74) is 0. The molecule has 2 saturated heterocycles. The van der Waals surface area contributed by atoms with E-state index in [-0.39, 0.29) is 24.3 Å². The minimum absolute atomic E-state index is 0.0597. The predicted molar refractivity (Wildman–Crippen MR) is 98.1 cm³/mol. The number of esters is 1. The van der Waals surface area contributed by atoms with Crippen LogP contribution >= 0.6 is 0 Å². The maximum atomic E-state index is 11.2. The number of unbranched alkanes of at least 4 members (excludes halogenated alkanes) is 14. The molecule has 1 unspecified atom stereocenters.